The summed E-state index contributed by atoms with van der Waals surface area (Å²) in [6, 6.07) is 16.5. The smallest absolute Gasteiger partial charge is 0.267 e. The Morgan fingerprint density at radius 1 is 1.20 bits per heavy atom. The molecule has 0 bridgehead atoms. The van der Waals surface area contributed by atoms with Crippen LogP contribution >= 0.6 is 11.3 Å². The van der Waals surface area contributed by atoms with E-state index in [2.05, 4.69) is 5.32 Å². The third-order valence-electron chi connectivity index (χ3n) is 4.23. The summed E-state index contributed by atoms with van der Waals surface area (Å²) < 4.78 is 32.8. The van der Waals surface area contributed by atoms with Crippen molar-refractivity contribution in [3.8, 4) is 11.8 Å². The normalized spacial score (nSPS) is 10.8. The fourth-order valence-electron chi connectivity index (χ4n) is 2.73. The van der Waals surface area contributed by atoms with E-state index in [1.807, 2.05) is 13.0 Å². The number of nitrogens with zero attached hydrogens (tertiary/aromatic N) is 2. The standard InChI is InChI=1S/C21H19N3O4S2/c1-3-28-18-9-7-17(8-10-18)24(2)30(26,27)19-11-12-29-20(19)21(25)23-16-6-4-5-15(13-16)14-22/h4-13H,3H2,1-2H3,(H,23,25). The Balaban J connectivity index is 1.86. The minimum atomic E-state index is -3.96. The number of nitrogens with one attached hydrogen (secondary N) is 1. The van der Waals surface area contributed by atoms with Crippen LogP contribution in [-0.2, 0) is 10.0 Å². The Bertz CT molecular complexity index is 1200. The van der Waals surface area contributed by atoms with Gasteiger partial charge >= 0.3 is 0 Å². The third-order valence-corrected chi connectivity index (χ3v) is 7.10. The van der Waals surface area contributed by atoms with Gasteiger partial charge in [-0.25, -0.2) is 8.42 Å². The number of ether oxygens (including phenoxy) is 1. The molecule has 1 heterocycles. The molecule has 154 valence electrons. The Hall–Kier alpha value is -3.35. The Morgan fingerprint density at radius 3 is 2.60 bits per heavy atom. The molecular weight excluding hydrogens is 422 g/mol. The van der Waals surface area contributed by atoms with Crippen molar-refractivity contribution in [1.82, 2.24) is 0 Å². The molecule has 0 aliphatic heterocycles. The van der Waals surface area contributed by atoms with Crippen LogP contribution in [0.5, 0.6) is 5.75 Å². The lowest BCUT2D eigenvalue weighted by Crippen LogP contribution is -2.28. The summed E-state index contributed by atoms with van der Waals surface area (Å²) in [4.78, 5) is 12.7. The van der Waals surface area contributed by atoms with Crippen LogP contribution in [0, 0.1) is 11.3 Å². The molecule has 2 aromatic carbocycles. The van der Waals surface area contributed by atoms with E-state index < -0.39 is 15.9 Å². The number of carbonyl (C=O) groups excluding carboxylic acids is 1. The molecule has 0 radical (unpaired) electrons. The molecule has 0 saturated heterocycles. The van der Waals surface area contributed by atoms with Gasteiger partial charge in [-0.2, -0.15) is 5.26 Å². The minimum absolute atomic E-state index is 0.0650. The van der Waals surface area contributed by atoms with Gasteiger partial charge in [0.05, 0.1) is 23.9 Å². The molecule has 0 spiro atoms. The lowest BCUT2D eigenvalue weighted by molar-refractivity contribution is 0.102. The van der Waals surface area contributed by atoms with Crippen molar-refractivity contribution < 1.29 is 17.9 Å². The number of anilines is 2. The lowest BCUT2D eigenvalue weighted by atomic mass is 10.2. The molecule has 0 unspecified atom stereocenters. The largest absolute Gasteiger partial charge is 0.494 e. The molecule has 7 nitrogen and oxygen atoms in total. The summed E-state index contributed by atoms with van der Waals surface area (Å²) in [5, 5.41) is 13.2. The van der Waals surface area contributed by atoms with Gasteiger partial charge in [-0.05, 0) is 60.8 Å². The molecule has 0 saturated carbocycles. The molecule has 0 aliphatic rings. The highest BCUT2D eigenvalue weighted by atomic mass is 32.2. The van der Waals surface area contributed by atoms with Crippen LogP contribution in [0.15, 0.2) is 64.9 Å². The fraction of sp³-hybridized carbons (Fsp3) is 0.143. The number of sulfonamides is 1. The number of nitriles is 1. The number of amides is 1. The minimum Gasteiger partial charge on any atom is -0.494 e. The first-order chi connectivity index (χ1) is 14.4. The summed E-state index contributed by atoms with van der Waals surface area (Å²) in [5.74, 6) is 0.0843. The van der Waals surface area contributed by atoms with E-state index >= 15 is 0 Å². The van der Waals surface area contributed by atoms with Crippen LogP contribution in [-0.4, -0.2) is 28.0 Å². The highest BCUT2D eigenvalue weighted by Gasteiger charge is 2.28. The average molecular weight is 442 g/mol. The van der Waals surface area contributed by atoms with E-state index in [-0.39, 0.29) is 9.77 Å². The van der Waals surface area contributed by atoms with Gasteiger partial charge in [-0.1, -0.05) is 6.07 Å². The van der Waals surface area contributed by atoms with E-state index in [0.717, 1.165) is 15.6 Å². The van der Waals surface area contributed by atoms with Crippen molar-refractivity contribution in [2.75, 3.05) is 23.3 Å². The Morgan fingerprint density at radius 2 is 1.93 bits per heavy atom. The number of hydrogen-bond donors (Lipinski definition) is 1. The highest BCUT2D eigenvalue weighted by Crippen LogP contribution is 2.29. The number of thiophene rings is 1. The number of carbonyl (C=O) groups is 1. The molecule has 1 amide bonds. The van der Waals surface area contributed by atoms with Crippen LogP contribution in [0.4, 0.5) is 11.4 Å². The molecule has 0 atom stereocenters. The molecule has 3 aromatic rings. The van der Waals surface area contributed by atoms with Crippen molar-refractivity contribution in [2.24, 2.45) is 0 Å². The third kappa shape index (κ3) is 4.45. The van der Waals surface area contributed by atoms with Crippen molar-refractivity contribution in [3.05, 3.63) is 70.4 Å². The number of hydrogen-bond acceptors (Lipinski definition) is 6. The molecule has 1 aromatic heterocycles. The van der Waals surface area contributed by atoms with Crippen LogP contribution in [0.2, 0.25) is 0 Å². The molecule has 3 rings (SSSR count). The van der Waals surface area contributed by atoms with E-state index in [9.17, 15) is 13.2 Å². The number of benzene rings is 2. The van der Waals surface area contributed by atoms with Crippen LogP contribution in [0.3, 0.4) is 0 Å². The van der Waals surface area contributed by atoms with Gasteiger partial charge in [-0.3, -0.25) is 9.10 Å². The summed E-state index contributed by atoms with van der Waals surface area (Å²) in [5.41, 5.74) is 1.25. The molecule has 1 N–H and O–H groups in total. The molecular formula is C21H19N3O4S2. The van der Waals surface area contributed by atoms with Crippen LogP contribution in [0.1, 0.15) is 22.2 Å². The van der Waals surface area contributed by atoms with Gasteiger partial charge in [-0.15, -0.1) is 11.3 Å². The summed E-state index contributed by atoms with van der Waals surface area (Å²) in [6.45, 7) is 2.38. The van der Waals surface area contributed by atoms with Gasteiger partial charge in [0.15, 0.2) is 0 Å². The van der Waals surface area contributed by atoms with E-state index in [0.29, 0.717) is 29.3 Å². The second-order valence-electron chi connectivity index (χ2n) is 6.16. The monoisotopic (exact) mass is 441 g/mol. The van der Waals surface area contributed by atoms with Gasteiger partial charge in [0.2, 0.25) is 0 Å². The molecule has 30 heavy (non-hydrogen) atoms. The zero-order chi connectivity index (χ0) is 21.7. The van der Waals surface area contributed by atoms with E-state index in [1.54, 1.807) is 47.8 Å². The second-order valence-corrected chi connectivity index (χ2v) is 9.01. The van der Waals surface area contributed by atoms with Crippen molar-refractivity contribution in [1.29, 1.82) is 5.26 Å². The average Bonchev–Trinajstić information content (AvgIpc) is 3.25. The predicted octanol–water partition coefficient (Wildman–Crippen LogP) is 4.10. The van der Waals surface area contributed by atoms with E-state index in [4.69, 9.17) is 10.00 Å². The predicted molar refractivity (Wildman–Crippen MR) is 117 cm³/mol. The van der Waals surface area contributed by atoms with Crippen LogP contribution in [0.25, 0.3) is 0 Å². The van der Waals surface area contributed by atoms with Crippen molar-refractivity contribution in [2.45, 2.75) is 11.8 Å². The van der Waals surface area contributed by atoms with Gasteiger partial charge in [0.25, 0.3) is 15.9 Å². The van der Waals surface area contributed by atoms with Gasteiger partial charge < -0.3 is 10.1 Å². The van der Waals surface area contributed by atoms with Crippen molar-refractivity contribution in [3.63, 3.8) is 0 Å². The first-order valence-electron chi connectivity index (χ1n) is 8.97. The SMILES string of the molecule is CCOc1ccc(N(C)S(=O)(=O)c2ccsc2C(=O)Nc2cccc(C#N)c2)cc1. The molecule has 9 heteroatoms. The maximum Gasteiger partial charge on any atom is 0.267 e. The maximum atomic E-state index is 13.2. The zero-order valence-corrected chi connectivity index (χ0v) is 18.0. The summed E-state index contributed by atoms with van der Waals surface area (Å²) in [6.07, 6.45) is 0. The summed E-state index contributed by atoms with van der Waals surface area (Å²) in [7, 11) is -2.53. The highest BCUT2D eigenvalue weighted by molar-refractivity contribution is 7.93. The fourth-order valence-corrected chi connectivity index (χ4v) is 5.22. The topological polar surface area (TPSA) is 99.5 Å². The van der Waals surface area contributed by atoms with Gasteiger partial charge in [0.1, 0.15) is 15.5 Å². The lowest BCUT2D eigenvalue weighted by Gasteiger charge is -2.20. The van der Waals surface area contributed by atoms with Gasteiger partial charge in [0, 0.05) is 12.7 Å². The first kappa shape index (κ1) is 21.4. The molecule has 0 aliphatic carbocycles. The number of rotatable bonds is 7. The second kappa shape index (κ2) is 8.98. The van der Waals surface area contributed by atoms with E-state index in [1.165, 1.54) is 19.2 Å². The zero-order valence-electron chi connectivity index (χ0n) is 16.3. The van der Waals surface area contributed by atoms with Crippen molar-refractivity contribution >= 4 is 38.6 Å². The van der Waals surface area contributed by atoms with Crippen LogP contribution < -0.4 is 14.4 Å². The quantitative estimate of drug-likeness (QED) is 0.595. The first-order valence-corrected chi connectivity index (χ1v) is 11.3. The maximum absolute atomic E-state index is 13.2. The molecule has 0 fully saturated rings. The Labute approximate surface area is 179 Å². The summed E-state index contributed by atoms with van der Waals surface area (Å²) >= 11 is 1.03. The Kier molecular flexibility index (Phi) is 6.40.